The molecule has 1 saturated heterocycles. The van der Waals surface area contributed by atoms with Crippen molar-refractivity contribution in [2.75, 3.05) is 13.1 Å². The average Bonchev–Trinajstić information content (AvgIpc) is 3.23. The van der Waals surface area contributed by atoms with Gasteiger partial charge in [-0.25, -0.2) is 15.0 Å². The third-order valence-electron chi connectivity index (χ3n) is 5.29. The Kier molecular flexibility index (Phi) is 5.14. The molecule has 0 unspecified atom stereocenters. The molecule has 1 amide bonds. The molecule has 0 aliphatic carbocycles. The van der Waals surface area contributed by atoms with Crippen molar-refractivity contribution in [1.29, 1.82) is 0 Å². The Labute approximate surface area is 164 Å². The normalized spacial score (nSPS) is 16.9. The van der Waals surface area contributed by atoms with Crippen LogP contribution in [0.2, 0.25) is 0 Å². The molecule has 7 heteroatoms. The lowest BCUT2D eigenvalue weighted by Crippen LogP contribution is -2.40. The first-order chi connectivity index (χ1) is 13.7. The summed E-state index contributed by atoms with van der Waals surface area (Å²) in [5.74, 6) is 1.92. The van der Waals surface area contributed by atoms with Crippen LogP contribution in [0.15, 0.2) is 43.1 Å². The van der Waals surface area contributed by atoms with Crippen molar-refractivity contribution in [3.63, 3.8) is 0 Å². The summed E-state index contributed by atoms with van der Waals surface area (Å²) in [6.45, 7) is 6.30. The highest BCUT2D eigenvalue weighted by Crippen LogP contribution is 2.27. The summed E-state index contributed by atoms with van der Waals surface area (Å²) in [7, 11) is 0. The number of carbonyl (C=O) groups excluding carboxylic acids is 1. The molecule has 28 heavy (non-hydrogen) atoms. The molecule has 0 radical (unpaired) electrons. The number of likely N-dealkylation sites (tertiary alicyclic amines) is 1. The summed E-state index contributed by atoms with van der Waals surface area (Å²) >= 11 is 0. The number of nitrogens with zero attached hydrogens (tertiary/aromatic N) is 6. The van der Waals surface area contributed by atoms with Crippen molar-refractivity contribution in [2.45, 2.75) is 39.2 Å². The van der Waals surface area contributed by atoms with Crippen LogP contribution in [-0.2, 0) is 6.54 Å². The predicted molar refractivity (Wildman–Crippen MR) is 106 cm³/mol. The van der Waals surface area contributed by atoms with E-state index in [1.807, 2.05) is 36.4 Å². The third kappa shape index (κ3) is 3.52. The molecule has 0 spiro atoms. The van der Waals surface area contributed by atoms with Gasteiger partial charge in [0.25, 0.3) is 5.91 Å². The molecule has 3 aromatic rings. The lowest BCUT2D eigenvalue weighted by atomic mass is 9.96. The van der Waals surface area contributed by atoms with Crippen molar-refractivity contribution in [2.24, 2.45) is 0 Å². The summed E-state index contributed by atoms with van der Waals surface area (Å²) in [6, 6.07) is 3.76. The van der Waals surface area contributed by atoms with Gasteiger partial charge in [0.1, 0.15) is 5.82 Å². The minimum absolute atomic E-state index is 0.00505. The van der Waals surface area contributed by atoms with Gasteiger partial charge in [0, 0.05) is 62.1 Å². The molecular weight excluding hydrogens is 352 g/mol. The molecule has 1 fully saturated rings. The van der Waals surface area contributed by atoms with Crippen LogP contribution in [0, 0.1) is 6.92 Å². The highest BCUT2D eigenvalue weighted by atomic mass is 16.2. The van der Waals surface area contributed by atoms with E-state index in [0.29, 0.717) is 23.6 Å². The summed E-state index contributed by atoms with van der Waals surface area (Å²) in [5.41, 5.74) is 2.09. The molecule has 0 aromatic carbocycles. The maximum absolute atomic E-state index is 13.1. The molecule has 1 aliphatic rings. The van der Waals surface area contributed by atoms with Gasteiger partial charge in [-0.15, -0.1) is 0 Å². The first-order valence-electron chi connectivity index (χ1n) is 9.71. The molecule has 3 aromatic heterocycles. The quantitative estimate of drug-likeness (QED) is 0.699. The Balaban J connectivity index is 1.54. The molecule has 0 saturated carbocycles. The second-order valence-electron chi connectivity index (χ2n) is 7.10. The Morgan fingerprint density at radius 3 is 2.89 bits per heavy atom. The molecule has 7 nitrogen and oxygen atoms in total. The lowest BCUT2D eigenvalue weighted by molar-refractivity contribution is 0.0701. The molecule has 0 bridgehead atoms. The number of amides is 1. The second-order valence-corrected chi connectivity index (χ2v) is 7.10. The highest BCUT2D eigenvalue weighted by Gasteiger charge is 2.29. The van der Waals surface area contributed by atoms with E-state index < -0.39 is 0 Å². The summed E-state index contributed by atoms with van der Waals surface area (Å²) in [6.07, 6.45) is 11.0. The van der Waals surface area contributed by atoms with Crippen LogP contribution in [0.5, 0.6) is 0 Å². The Bertz CT molecular complexity index is 968. The highest BCUT2D eigenvalue weighted by molar-refractivity contribution is 5.95. The molecule has 4 rings (SSSR count). The molecule has 0 N–H and O–H groups in total. The van der Waals surface area contributed by atoms with Crippen LogP contribution in [0.3, 0.4) is 0 Å². The minimum Gasteiger partial charge on any atom is -0.338 e. The molecule has 1 atom stereocenters. The van der Waals surface area contributed by atoms with Crippen LogP contribution < -0.4 is 0 Å². The van der Waals surface area contributed by atoms with Gasteiger partial charge in [-0.1, -0.05) is 0 Å². The number of aromatic nitrogens is 5. The van der Waals surface area contributed by atoms with E-state index in [1.165, 1.54) is 0 Å². The number of imidazole rings is 1. The van der Waals surface area contributed by atoms with Crippen LogP contribution in [0.1, 0.15) is 47.6 Å². The summed E-state index contributed by atoms with van der Waals surface area (Å²) in [4.78, 5) is 32.6. The van der Waals surface area contributed by atoms with Gasteiger partial charge < -0.3 is 9.47 Å². The smallest absolute Gasteiger partial charge is 0.257 e. The van der Waals surface area contributed by atoms with Gasteiger partial charge in [0.05, 0.1) is 11.3 Å². The van der Waals surface area contributed by atoms with E-state index in [9.17, 15) is 4.79 Å². The van der Waals surface area contributed by atoms with Crippen molar-refractivity contribution in [3.05, 3.63) is 60.2 Å². The number of pyridine rings is 1. The Hall–Kier alpha value is -3.09. The zero-order chi connectivity index (χ0) is 19.5. The van der Waals surface area contributed by atoms with Crippen LogP contribution in [0.4, 0.5) is 0 Å². The fourth-order valence-electron chi connectivity index (χ4n) is 3.80. The van der Waals surface area contributed by atoms with Crippen LogP contribution in [0.25, 0.3) is 11.4 Å². The van der Waals surface area contributed by atoms with Crippen molar-refractivity contribution in [1.82, 2.24) is 29.4 Å². The zero-order valence-electron chi connectivity index (χ0n) is 16.2. The van der Waals surface area contributed by atoms with Crippen LogP contribution in [-0.4, -0.2) is 48.4 Å². The minimum atomic E-state index is -0.00505. The van der Waals surface area contributed by atoms with Crippen LogP contribution >= 0.6 is 0 Å². The fourth-order valence-corrected chi connectivity index (χ4v) is 3.80. The maximum Gasteiger partial charge on any atom is 0.257 e. The Morgan fingerprint density at radius 1 is 1.25 bits per heavy atom. The van der Waals surface area contributed by atoms with Crippen molar-refractivity contribution in [3.8, 4) is 11.4 Å². The average molecular weight is 376 g/mol. The van der Waals surface area contributed by atoms with E-state index in [4.69, 9.17) is 0 Å². The summed E-state index contributed by atoms with van der Waals surface area (Å²) < 4.78 is 2.16. The topological polar surface area (TPSA) is 76.8 Å². The number of carbonyl (C=O) groups is 1. The van der Waals surface area contributed by atoms with Crippen molar-refractivity contribution >= 4 is 5.91 Å². The van der Waals surface area contributed by atoms with Gasteiger partial charge in [-0.05, 0) is 38.8 Å². The number of piperidine rings is 1. The van der Waals surface area contributed by atoms with Crippen molar-refractivity contribution < 1.29 is 4.79 Å². The number of hydrogen-bond acceptors (Lipinski definition) is 5. The molecule has 4 heterocycles. The fraction of sp³-hybridized carbons (Fsp3) is 0.381. The summed E-state index contributed by atoms with van der Waals surface area (Å²) in [5, 5.41) is 0. The standard InChI is InChI=1S/C21H24N6O/c1-3-26-11-9-23-20(26)17-7-5-10-27(14-17)21(28)18-13-24-19(25-15(18)2)16-6-4-8-22-12-16/h4,6,8-9,11-13,17H,3,5,7,10,14H2,1-2H3/t17-/m0/s1. The first-order valence-corrected chi connectivity index (χ1v) is 9.71. The predicted octanol–water partition coefficient (Wildman–Crippen LogP) is 3.08. The van der Waals surface area contributed by atoms with E-state index in [1.54, 1.807) is 18.6 Å². The monoisotopic (exact) mass is 376 g/mol. The van der Waals surface area contributed by atoms with Gasteiger partial charge in [0.2, 0.25) is 0 Å². The first kappa shape index (κ1) is 18.3. The SMILES string of the molecule is CCn1ccnc1[C@H]1CCCN(C(=O)c2cnc(-c3cccnc3)nc2C)C1. The van der Waals surface area contributed by atoms with Gasteiger partial charge in [-0.2, -0.15) is 0 Å². The maximum atomic E-state index is 13.1. The van der Waals surface area contributed by atoms with Gasteiger partial charge in [-0.3, -0.25) is 9.78 Å². The second kappa shape index (κ2) is 7.88. The lowest BCUT2D eigenvalue weighted by Gasteiger charge is -2.32. The Morgan fingerprint density at radius 2 is 2.14 bits per heavy atom. The third-order valence-corrected chi connectivity index (χ3v) is 5.29. The van der Waals surface area contributed by atoms with Gasteiger partial charge in [0.15, 0.2) is 5.82 Å². The van der Waals surface area contributed by atoms with E-state index >= 15 is 0 Å². The van der Waals surface area contributed by atoms with E-state index in [0.717, 1.165) is 37.3 Å². The van der Waals surface area contributed by atoms with E-state index in [2.05, 4.69) is 31.4 Å². The van der Waals surface area contributed by atoms with E-state index in [-0.39, 0.29) is 11.8 Å². The number of hydrogen-bond donors (Lipinski definition) is 0. The molecule has 144 valence electrons. The number of aryl methyl sites for hydroxylation is 2. The number of rotatable bonds is 4. The van der Waals surface area contributed by atoms with Gasteiger partial charge >= 0.3 is 0 Å². The molecular formula is C21H24N6O. The molecule has 1 aliphatic heterocycles. The zero-order valence-corrected chi connectivity index (χ0v) is 16.2. The largest absolute Gasteiger partial charge is 0.338 e.